The molecule has 272 valence electrons. The van der Waals surface area contributed by atoms with E-state index < -0.39 is 12.1 Å². The van der Waals surface area contributed by atoms with Crippen LogP contribution < -0.4 is 30.5 Å². The summed E-state index contributed by atoms with van der Waals surface area (Å²) in [5, 5.41) is 24.8. The number of halogens is 1. The van der Waals surface area contributed by atoms with Gasteiger partial charge < -0.3 is 35.0 Å². The van der Waals surface area contributed by atoms with E-state index in [9.17, 15) is 19.5 Å². The lowest BCUT2D eigenvalue weighted by Crippen LogP contribution is -2.39. The van der Waals surface area contributed by atoms with Gasteiger partial charge in [0.2, 0.25) is 17.8 Å². The van der Waals surface area contributed by atoms with Crippen molar-refractivity contribution in [3.05, 3.63) is 64.6 Å². The molecule has 2 unspecified atom stereocenters. The molecule has 5 heterocycles. The maximum atomic E-state index is 12.5. The highest BCUT2D eigenvalue weighted by Crippen LogP contribution is 2.36. The number of fused-ring (bicyclic) bond motifs is 2. The Kier molecular flexibility index (Phi) is 9.88. The molecule has 7 rings (SSSR count). The minimum Gasteiger partial charge on any atom is -0.493 e. The van der Waals surface area contributed by atoms with Gasteiger partial charge in [0.1, 0.15) is 16.5 Å². The van der Waals surface area contributed by atoms with E-state index in [0.29, 0.717) is 54.2 Å². The standard InChI is InChI=1S/C36H40ClN9O6/c1-38-31(48)19-52-29-14-21-13-22(6-10-27(21)44(2)35(29)50)40-33-26(37)16-39-36(42-33)46-12-4-5-20(17-46)18-51-23-7-8-24-28(15-23)45(3)43-32(24)25-9-11-30(47)41-34(25)49/h6-8,10,13-16,20,25,35,50H,4-5,9,11-12,17-19H2,1-3H3,(H,38,48)(H,39,40,42)(H,41,47,49)/t20-,25?,35?/m0/s1. The van der Waals surface area contributed by atoms with Crippen LogP contribution in [0.1, 0.15) is 42.9 Å². The topological polar surface area (TPSA) is 176 Å². The molecule has 3 aliphatic rings. The zero-order chi connectivity index (χ0) is 36.5. The SMILES string of the molecule is CNC(=O)COC1=Cc2cc(Nc3nc(N4CCC[C@H](COc5ccc6c(C7CCC(=O)NC7=O)nn(C)c6c5)C4)ncc3Cl)ccc2N(C)C1O. The summed E-state index contributed by atoms with van der Waals surface area (Å²) in [5.41, 5.74) is 3.82. The van der Waals surface area contributed by atoms with Gasteiger partial charge in [-0.2, -0.15) is 10.1 Å². The number of aliphatic hydroxyl groups excluding tert-OH is 1. The van der Waals surface area contributed by atoms with Gasteiger partial charge in [0, 0.05) is 75.0 Å². The van der Waals surface area contributed by atoms with Crippen molar-refractivity contribution in [2.75, 3.05) is 55.5 Å². The van der Waals surface area contributed by atoms with Crippen LogP contribution in [0, 0.1) is 5.92 Å². The molecule has 3 atom stereocenters. The van der Waals surface area contributed by atoms with E-state index in [1.807, 2.05) is 43.4 Å². The summed E-state index contributed by atoms with van der Waals surface area (Å²) >= 11 is 6.56. The van der Waals surface area contributed by atoms with Crippen molar-refractivity contribution >= 4 is 69.4 Å². The molecule has 0 saturated carbocycles. The fourth-order valence-corrected chi connectivity index (χ4v) is 6.99. The van der Waals surface area contributed by atoms with Gasteiger partial charge in [-0.25, -0.2) is 4.98 Å². The first-order valence-electron chi connectivity index (χ1n) is 17.2. The number of aryl methyl sites for hydroxylation is 1. The molecular weight excluding hydrogens is 690 g/mol. The van der Waals surface area contributed by atoms with Gasteiger partial charge in [-0.15, -0.1) is 0 Å². The Hall–Kier alpha value is -5.41. The van der Waals surface area contributed by atoms with Crippen LogP contribution in [0.15, 0.2) is 48.4 Å². The first-order valence-corrected chi connectivity index (χ1v) is 17.5. The summed E-state index contributed by atoms with van der Waals surface area (Å²) in [4.78, 5) is 49.0. The molecule has 0 spiro atoms. The smallest absolute Gasteiger partial charge is 0.257 e. The Morgan fingerprint density at radius 1 is 1.13 bits per heavy atom. The maximum absolute atomic E-state index is 12.5. The molecule has 0 aliphatic carbocycles. The van der Waals surface area contributed by atoms with Crippen LogP contribution in [0.3, 0.4) is 0 Å². The zero-order valence-electron chi connectivity index (χ0n) is 29.1. The highest BCUT2D eigenvalue weighted by Gasteiger charge is 2.32. The van der Waals surface area contributed by atoms with E-state index in [1.165, 1.54) is 7.05 Å². The highest BCUT2D eigenvalue weighted by atomic mass is 35.5. The minimum absolute atomic E-state index is 0.209. The summed E-state index contributed by atoms with van der Waals surface area (Å²) in [7, 11) is 5.11. The van der Waals surface area contributed by atoms with Crippen molar-refractivity contribution in [2.24, 2.45) is 13.0 Å². The van der Waals surface area contributed by atoms with Crippen molar-refractivity contribution in [2.45, 2.75) is 37.8 Å². The van der Waals surface area contributed by atoms with Gasteiger partial charge in [0.15, 0.2) is 18.7 Å². The number of nitrogens with zero attached hydrogens (tertiary/aromatic N) is 6. The Balaban J connectivity index is 1.01. The molecule has 52 heavy (non-hydrogen) atoms. The number of hydrogen-bond acceptors (Lipinski definition) is 12. The molecule has 3 aliphatic heterocycles. The number of imide groups is 1. The molecule has 15 nitrogen and oxygen atoms in total. The Labute approximate surface area is 304 Å². The van der Waals surface area contributed by atoms with E-state index in [2.05, 4.69) is 30.9 Å². The van der Waals surface area contributed by atoms with Crippen LogP contribution in [0.2, 0.25) is 5.02 Å². The van der Waals surface area contributed by atoms with Crippen LogP contribution in [-0.4, -0.2) is 89.2 Å². The van der Waals surface area contributed by atoms with Crippen molar-refractivity contribution in [1.29, 1.82) is 0 Å². The monoisotopic (exact) mass is 729 g/mol. The van der Waals surface area contributed by atoms with Gasteiger partial charge in [0.25, 0.3) is 5.91 Å². The number of carbonyl (C=O) groups is 3. The average Bonchev–Trinajstić information content (AvgIpc) is 3.47. The number of amides is 3. The average molecular weight is 730 g/mol. The fraction of sp³-hybridized carbons (Fsp3) is 0.389. The van der Waals surface area contributed by atoms with Crippen molar-refractivity contribution in [3.8, 4) is 5.75 Å². The lowest BCUT2D eigenvalue weighted by atomic mass is 9.93. The number of carbonyl (C=O) groups excluding carboxylic acids is 3. The summed E-state index contributed by atoms with van der Waals surface area (Å²) in [6.07, 6.45) is 4.94. The summed E-state index contributed by atoms with van der Waals surface area (Å²) in [5.74, 6) is 0.887. The number of aliphatic hydroxyl groups is 1. The fourth-order valence-electron chi connectivity index (χ4n) is 6.85. The number of benzene rings is 2. The Bertz CT molecular complexity index is 2070. The number of ether oxygens (including phenoxy) is 2. The second kappa shape index (κ2) is 14.7. The Morgan fingerprint density at radius 2 is 1.98 bits per heavy atom. The summed E-state index contributed by atoms with van der Waals surface area (Å²) < 4.78 is 13.6. The van der Waals surface area contributed by atoms with Crippen molar-refractivity contribution in [3.63, 3.8) is 0 Å². The normalized spacial score (nSPS) is 20.2. The molecule has 2 aromatic heterocycles. The van der Waals surface area contributed by atoms with E-state index >= 15 is 0 Å². The lowest BCUT2D eigenvalue weighted by Gasteiger charge is -2.33. The third-order valence-corrected chi connectivity index (χ3v) is 9.95. The maximum Gasteiger partial charge on any atom is 0.257 e. The summed E-state index contributed by atoms with van der Waals surface area (Å²) in [6.45, 7) is 1.78. The molecule has 4 aromatic rings. The van der Waals surface area contributed by atoms with Gasteiger partial charge in [-0.3, -0.25) is 24.4 Å². The first-order chi connectivity index (χ1) is 25.1. The molecule has 3 amide bonds. The molecule has 16 heteroatoms. The van der Waals surface area contributed by atoms with Gasteiger partial charge in [0.05, 0.1) is 29.9 Å². The number of aromatic nitrogens is 4. The summed E-state index contributed by atoms with van der Waals surface area (Å²) in [6, 6.07) is 11.4. The van der Waals surface area contributed by atoms with Gasteiger partial charge >= 0.3 is 0 Å². The molecule has 0 bridgehead atoms. The molecule has 2 fully saturated rings. The van der Waals surface area contributed by atoms with E-state index in [0.717, 1.165) is 47.2 Å². The number of rotatable bonds is 10. The molecular formula is C36H40ClN9O6. The predicted octanol–water partition coefficient (Wildman–Crippen LogP) is 3.45. The van der Waals surface area contributed by atoms with Crippen LogP contribution in [0.25, 0.3) is 17.0 Å². The number of hydrogen-bond donors (Lipinski definition) is 4. The minimum atomic E-state index is -1.03. The molecule has 2 saturated heterocycles. The largest absolute Gasteiger partial charge is 0.493 e. The van der Waals surface area contributed by atoms with E-state index in [4.69, 9.17) is 26.1 Å². The second-order valence-corrected chi connectivity index (χ2v) is 13.6. The number of nitrogens with one attached hydrogen (secondary N) is 3. The van der Waals surface area contributed by atoms with Crippen LogP contribution >= 0.6 is 11.6 Å². The number of likely N-dealkylation sites (N-methyl/N-ethyl adjacent to an activating group) is 2. The van der Waals surface area contributed by atoms with Crippen LogP contribution in [0.4, 0.5) is 23.1 Å². The number of anilines is 4. The third kappa shape index (κ3) is 7.19. The second-order valence-electron chi connectivity index (χ2n) is 13.2. The quantitative estimate of drug-likeness (QED) is 0.175. The zero-order valence-corrected chi connectivity index (χ0v) is 29.8. The van der Waals surface area contributed by atoms with Crippen LogP contribution in [0.5, 0.6) is 5.75 Å². The third-order valence-electron chi connectivity index (χ3n) is 9.68. The molecule has 2 aromatic carbocycles. The highest BCUT2D eigenvalue weighted by molar-refractivity contribution is 6.32. The van der Waals surface area contributed by atoms with Crippen molar-refractivity contribution in [1.82, 2.24) is 30.4 Å². The Morgan fingerprint density at radius 3 is 2.79 bits per heavy atom. The van der Waals surface area contributed by atoms with Gasteiger partial charge in [-0.1, -0.05) is 11.6 Å². The van der Waals surface area contributed by atoms with E-state index in [1.54, 1.807) is 28.9 Å². The van der Waals surface area contributed by atoms with Crippen molar-refractivity contribution < 1.29 is 29.0 Å². The first kappa shape index (κ1) is 35.0. The lowest BCUT2D eigenvalue weighted by molar-refractivity contribution is -0.134. The predicted molar refractivity (Wildman–Crippen MR) is 195 cm³/mol. The van der Waals surface area contributed by atoms with E-state index in [-0.39, 0.29) is 36.0 Å². The molecule has 0 radical (unpaired) electrons. The van der Waals surface area contributed by atoms with Gasteiger partial charge in [-0.05, 0) is 55.7 Å². The van der Waals surface area contributed by atoms with Crippen LogP contribution in [-0.2, 0) is 26.2 Å². The molecule has 4 N–H and O–H groups in total. The number of piperidine rings is 2.